The van der Waals surface area contributed by atoms with Gasteiger partial charge in [-0.2, -0.15) is 0 Å². The molecule has 2 heteroatoms. The molecule has 0 heterocycles. The summed E-state index contributed by atoms with van der Waals surface area (Å²) in [7, 11) is 0. The number of hydrogen-bond acceptors (Lipinski definition) is 2. The van der Waals surface area contributed by atoms with E-state index in [9.17, 15) is 4.79 Å². The molecule has 2 unspecified atom stereocenters. The van der Waals surface area contributed by atoms with Gasteiger partial charge in [0.1, 0.15) is 6.10 Å². The fourth-order valence-electron chi connectivity index (χ4n) is 3.24. The van der Waals surface area contributed by atoms with E-state index in [1.54, 1.807) is 0 Å². The van der Waals surface area contributed by atoms with Crippen LogP contribution in [0.5, 0.6) is 0 Å². The van der Waals surface area contributed by atoms with Crippen LogP contribution in [-0.4, -0.2) is 18.5 Å². The molecule has 1 aliphatic rings. The van der Waals surface area contributed by atoms with Crippen LogP contribution in [0.4, 0.5) is 0 Å². The number of Topliss-reactive ketones (excluding diaryl/α,β-unsaturated/α-hetero) is 1. The highest BCUT2D eigenvalue weighted by Gasteiger charge is 2.26. The van der Waals surface area contributed by atoms with E-state index in [2.05, 4.69) is 31.2 Å². The lowest BCUT2D eigenvalue weighted by Crippen LogP contribution is -2.26. The molecule has 0 aromatic heterocycles. The maximum atomic E-state index is 12.5. The molecule has 0 N–H and O–H groups in total. The quantitative estimate of drug-likeness (QED) is 0.742. The van der Waals surface area contributed by atoms with Crippen LogP contribution in [0.15, 0.2) is 24.3 Å². The van der Waals surface area contributed by atoms with E-state index in [-0.39, 0.29) is 11.9 Å². The summed E-state index contributed by atoms with van der Waals surface area (Å²) >= 11 is 0. The number of carbonyl (C=O) groups is 1. The maximum absolute atomic E-state index is 12.5. The molecule has 0 saturated heterocycles. The minimum Gasteiger partial charge on any atom is -0.371 e. The standard InChI is InChI=1S/C18H26O2/c1-3-8-18(20-4-2)17(19)13-15-11-7-10-14-9-5-6-12-16(14)15/h5-6,9,12,15,18H,3-4,7-8,10-11,13H2,1-2H3. The van der Waals surface area contributed by atoms with Crippen LogP contribution in [0.3, 0.4) is 0 Å². The number of ether oxygens (including phenoxy) is 1. The molecule has 1 aliphatic carbocycles. The minimum atomic E-state index is -0.195. The molecule has 110 valence electrons. The van der Waals surface area contributed by atoms with Crippen molar-refractivity contribution in [2.75, 3.05) is 6.61 Å². The zero-order chi connectivity index (χ0) is 14.4. The molecule has 0 amide bonds. The van der Waals surface area contributed by atoms with Gasteiger partial charge in [0.15, 0.2) is 5.78 Å². The first-order valence-electron chi connectivity index (χ1n) is 7.98. The summed E-state index contributed by atoms with van der Waals surface area (Å²) < 4.78 is 5.62. The van der Waals surface area contributed by atoms with Gasteiger partial charge in [-0.3, -0.25) is 4.79 Å². The van der Waals surface area contributed by atoms with Gasteiger partial charge in [0.05, 0.1) is 0 Å². The fourth-order valence-corrected chi connectivity index (χ4v) is 3.24. The maximum Gasteiger partial charge on any atom is 0.162 e. The Labute approximate surface area is 122 Å². The lowest BCUT2D eigenvalue weighted by Gasteiger charge is -2.26. The summed E-state index contributed by atoms with van der Waals surface area (Å²) in [6, 6.07) is 8.59. The van der Waals surface area contributed by atoms with Gasteiger partial charge < -0.3 is 4.74 Å². The van der Waals surface area contributed by atoms with E-state index in [1.165, 1.54) is 17.5 Å². The van der Waals surface area contributed by atoms with Crippen molar-refractivity contribution >= 4 is 5.78 Å². The number of carbonyl (C=O) groups excluding carboxylic acids is 1. The van der Waals surface area contributed by atoms with Crippen LogP contribution in [0.1, 0.15) is 63.0 Å². The molecule has 0 fully saturated rings. The molecule has 0 spiro atoms. The number of fused-ring (bicyclic) bond motifs is 1. The number of rotatable bonds is 7. The Kier molecular flexibility index (Phi) is 5.78. The van der Waals surface area contributed by atoms with Crippen molar-refractivity contribution in [3.63, 3.8) is 0 Å². The predicted molar refractivity (Wildman–Crippen MR) is 82.1 cm³/mol. The van der Waals surface area contributed by atoms with Gasteiger partial charge in [0.2, 0.25) is 0 Å². The van der Waals surface area contributed by atoms with Gasteiger partial charge >= 0.3 is 0 Å². The van der Waals surface area contributed by atoms with E-state index >= 15 is 0 Å². The molecule has 0 aliphatic heterocycles. The van der Waals surface area contributed by atoms with Crippen molar-refractivity contribution in [3.05, 3.63) is 35.4 Å². The summed E-state index contributed by atoms with van der Waals surface area (Å²) in [6.45, 7) is 4.69. The summed E-state index contributed by atoms with van der Waals surface area (Å²) in [5.41, 5.74) is 2.82. The Bertz CT molecular complexity index is 433. The van der Waals surface area contributed by atoms with Crippen molar-refractivity contribution in [2.45, 2.75) is 64.4 Å². The predicted octanol–water partition coefficient (Wildman–Crippen LogP) is 4.27. The highest BCUT2D eigenvalue weighted by molar-refractivity contribution is 5.84. The van der Waals surface area contributed by atoms with E-state index in [1.807, 2.05) is 6.92 Å². The summed E-state index contributed by atoms with van der Waals surface area (Å²) in [6.07, 6.45) is 5.78. The monoisotopic (exact) mass is 274 g/mol. The van der Waals surface area contributed by atoms with Gasteiger partial charge in [0.25, 0.3) is 0 Å². The van der Waals surface area contributed by atoms with Gasteiger partial charge in [-0.25, -0.2) is 0 Å². The molecule has 0 saturated carbocycles. The van der Waals surface area contributed by atoms with Crippen LogP contribution in [0, 0.1) is 0 Å². The summed E-state index contributed by atoms with van der Waals surface area (Å²) in [5, 5.41) is 0. The number of benzene rings is 1. The lowest BCUT2D eigenvalue weighted by molar-refractivity contribution is -0.131. The highest BCUT2D eigenvalue weighted by atomic mass is 16.5. The molecule has 1 aromatic carbocycles. The molecular formula is C18H26O2. The minimum absolute atomic E-state index is 0.195. The zero-order valence-electron chi connectivity index (χ0n) is 12.7. The molecular weight excluding hydrogens is 248 g/mol. The Morgan fingerprint density at radius 2 is 2.15 bits per heavy atom. The van der Waals surface area contributed by atoms with E-state index < -0.39 is 0 Å². The first-order chi connectivity index (χ1) is 9.76. The van der Waals surface area contributed by atoms with Crippen LogP contribution in [-0.2, 0) is 16.0 Å². The van der Waals surface area contributed by atoms with Gasteiger partial charge in [0, 0.05) is 13.0 Å². The SMILES string of the molecule is CCCC(OCC)C(=O)CC1CCCc2ccccc21. The summed E-state index contributed by atoms with van der Waals surface area (Å²) in [4.78, 5) is 12.5. The molecule has 1 aromatic rings. The van der Waals surface area contributed by atoms with Crippen LogP contribution >= 0.6 is 0 Å². The number of ketones is 1. The summed E-state index contributed by atoms with van der Waals surface area (Å²) in [5.74, 6) is 0.683. The molecule has 2 rings (SSSR count). The molecule has 0 radical (unpaired) electrons. The third-order valence-corrected chi connectivity index (χ3v) is 4.22. The van der Waals surface area contributed by atoms with Crippen LogP contribution < -0.4 is 0 Å². The second-order valence-electron chi connectivity index (χ2n) is 5.69. The topological polar surface area (TPSA) is 26.3 Å². The molecule has 2 nitrogen and oxygen atoms in total. The molecule has 2 atom stereocenters. The Hall–Kier alpha value is -1.15. The average Bonchev–Trinajstić information content (AvgIpc) is 2.47. The zero-order valence-corrected chi connectivity index (χ0v) is 12.7. The third kappa shape index (κ3) is 3.69. The highest BCUT2D eigenvalue weighted by Crippen LogP contribution is 2.34. The first kappa shape index (κ1) is 15.2. The van der Waals surface area contributed by atoms with Crippen molar-refractivity contribution in [3.8, 4) is 0 Å². The van der Waals surface area contributed by atoms with Crippen molar-refractivity contribution in [1.82, 2.24) is 0 Å². The van der Waals surface area contributed by atoms with Crippen molar-refractivity contribution in [2.24, 2.45) is 0 Å². The first-order valence-corrected chi connectivity index (χ1v) is 7.98. The fraction of sp³-hybridized carbons (Fsp3) is 0.611. The van der Waals surface area contributed by atoms with E-state index in [0.29, 0.717) is 18.9 Å². The van der Waals surface area contributed by atoms with Crippen molar-refractivity contribution in [1.29, 1.82) is 0 Å². The van der Waals surface area contributed by atoms with Crippen LogP contribution in [0.2, 0.25) is 0 Å². The van der Waals surface area contributed by atoms with Gasteiger partial charge in [-0.05, 0) is 49.7 Å². The van der Waals surface area contributed by atoms with Crippen LogP contribution in [0.25, 0.3) is 0 Å². The molecule has 20 heavy (non-hydrogen) atoms. The van der Waals surface area contributed by atoms with E-state index in [4.69, 9.17) is 4.74 Å². The number of hydrogen-bond donors (Lipinski definition) is 0. The Morgan fingerprint density at radius 1 is 1.35 bits per heavy atom. The van der Waals surface area contributed by atoms with Gasteiger partial charge in [-0.15, -0.1) is 0 Å². The lowest BCUT2D eigenvalue weighted by atomic mass is 9.79. The van der Waals surface area contributed by atoms with E-state index in [0.717, 1.165) is 25.7 Å². The second-order valence-corrected chi connectivity index (χ2v) is 5.69. The largest absolute Gasteiger partial charge is 0.371 e. The normalized spacial score (nSPS) is 19.4. The smallest absolute Gasteiger partial charge is 0.162 e. The van der Waals surface area contributed by atoms with Crippen molar-refractivity contribution < 1.29 is 9.53 Å². The number of aryl methyl sites for hydroxylation is 1. The Morgan fingerprint density at radius 3 is 2.90 bits per heavy atom. The third-order valence-electron chi connectivity index (χ3n) is 4.22. The Balaban J connectivity index is 2.04. The molecule has 0 bridgehead atoms. The second kappa shape index (κ2) is 7.58. The average molecular weight is 274 g/mol. The van der Waals surface area contributed by atoms with Gasteiger partial charge in [-0.1, -0.05) is 37.6 Å².